The van der Waals surface area contributed by atoms with Crippen LogP contribution in [0.1, 0.15) is 11.3 Å². The minimum Gasteiger partial charge on any atom is -0.454 e. The van der Waals surface area contributed by atoms with Crippen molar-refractivity contribution in [2.45, 2.75) is 11.8 Å². The van der Waals surface area contributed by atoms with Crippen LogP contribution in [0.3, 0.4) is 0 Å². The molecule has 1 aliphatic heterocycles. The molecule has 0 atom stereocenters. The monoisotopic (exact) mass is 591 g/mol. The van der Waals surface area contributed by atoms with Crippen molar-refractivity contribution in [3.8, 4) is 23.3 Å². The van der Waals surface area contributed by atoms with Gasteiger partial charge in [0, 0.05) is 12.7 Å². The number of halogens is 1. The number of carbonyl (C=O) groups is 1. The van der Waals surface area contributed by atoms with Gasteiger partial charge in [-0.25, -0.2) is 13.1 Å². The Hall–Kier alpha value is -4.99. The number of carbonyl (C=O) groups excluding carboxylic acids is 1. The zero-order chi connectivity index (χ0) is 29.3. The summed E-state index contributed by atoms with van der Waals surface area (Å²) in [5.41, 5.74) is 0.561. The molecule has 4 aromatic rings. The summed E-state index contributed by atoms with van der Waals surface area (Å²) in [7, 11) is -2.74. The molecule has 41 heavy (non-hydrogen) atoms. The topological polar surface area (TPSA) is 144 Å². The summed E-state index contributed by atoms with van der Waals surface area (Å²) >= 11 is 6.23. The van der Waals surface area contributed by atoms with Gasteiger partial charge in [0.05, 0.1) is 16.4 Å². The first kappa shape index (κ1) is 27.6. The van der Waals surface area contributed by atoms with E-state index in [9.17, 15) is 23.3 Å². The Morgan fingerprint density at radius 2 is 1.80 bits per heavy atom. The number of rotatable bonds is 7. The molecule has 1 aromatic heterocycles. The molecule has 1 aliphatic rings. The lowest BCUT2D eigenvalue weighted by Crippen LogP contribution is -2.23. The lowest BCUT2D eigenvalue weighted by Gasteiger charge is -2.11. The number of nitriles is 1. The fourth-order valence-corrected chi connectivity index (χ4v) is 5.82. The summed E-state index contributed by atoms with van der Waals surface area (Å²) in [6.07, 6.45) is 1.36. The van der Waals surface area contributed by atoms with Gasteiger partial charge in [-0.05, 0) is 61.0 Å². The second-order valence-electron chi connectivity index (χ2n) is 8.92. The number of para-hydroxylation sites is 1. The Kier molecular flexibility index (Phi) is 7.32. The first-order valence-corrected chi connectivity index (χ1v) is 13.9. The molecule has 0 radical (unpaired) electrons. The van der Waals surface area contributed by atoms with Crippen molar-refractivity contribution < 1.29 is 22.7 Å². The van der Waals surface area contributed by atoms with Crippen molar-refractivity contribution in [1.29, 1.82) is 5.26 Å². The highest BCUT2D eigenvalue weighted by molar-refractivity contribution is 7.92. The molecular formula is C28H22ClN5O6S. The van der Waals surface area contributed by atoms with E-state index < -0.39 is 21.5 Å². The molecule has 5 rings (SSSR count). The maximum atomic E-state index is 13.4. The van der Waals surface area contributed by atoms with E-state index in [0.29, 0.717) is 28.4 Å². The normalized spacial score (nSPS) is 12.6. The highest BCUT2D eigenvalue weighted by Crippen LogP contribution is 2.33. The lowest BCUT2D eigenvalue weighted by atomic mass is 10.1. The summed E-state index contributed by atoms with van der Waals surface area (Å²) in [5, 5.41) is 12.0. The quantitative estimate of drug-likeness (QED) is 0.242. The Labute approximate surface area is 239 Å². The molecule has 11 nitrogen and oxygen atoms in total. The van der Waals surface area contributed by atoms with Crippen LogP contribution in [0.15, 0.2) is 82.0 Å². The predicted molar refractivity (Wildman–Crippen MR) is 153 cm³/mol. The molecule has 13 heteroatoms. The molecule has 2 heterocycles. The van der Waals surface area contributed by atoms with E-state index in [1.54, 1.807) is 62.5 Å². The average Bonchev–Trinajstić information content (AvgIpc) is 3.51. The minimum absolute atomic E-state index is 0.0677. The van der Waals surface area contributed by atoms with E-state index in [1.807, 2.05) is 6.07 Å². The molecule has 1 amide bonds. The number of benzene rings is 3. The third-order valence-electron chi connectivity index (χ3n) is 6.34. The zero-order valence-electron chi connectivity index (χ0n) is 21.7. The first-order chi connectivity index (χ1) is 19.6. The fourth-order valence-electron chi connectivity index (χ4n) is 4.18. The largest absolute Gasteiger partial charge is 0.454 e. The van der Waals surface area contributed by atoms with Crippen LogP contribution in [0.2, 0.25) is 5.02 Å². The Morgan fingerprint density at radius 3 is 2.54 bits per heavy atom. The zero-order valence-corrected chi connectivity index (χ0v) is 23.3. The predicted octanol–water partition coefficient (Wildman–Crippen LogP) is 4.21. The number of aromatic nitrogens is 2. The summed E-state index contributed by atoms with van der Waals surface area (Å²) < 4.78 is 42.6. The molecule has 0 aliphatic carbocycles. The van der Waals surface area contributed by atoms with Crippen LogP contribution < -0.4 is 25.1 Å². The number of fused-ring (bicyclic) bond motifs is 1. The van der Waals surface area contributed by atoms with E-state index in [1.165, 1.54) is 27.6 Å². The number of ether oxygens (including phenoxy) is 2. The van der Waals surface area contributed by atoms with Crippen molar-refractivity contribution in [2.75, 3.05) is 16.8 Å². The molecular weight excluding hydrogens is 570 g/mol. The van der Waals surface area contributed by atoms with Gasteiger partial charge in [0.15, 0.2) is 11.5 Å². The fraction of sp³-hybridized carbons (Fsp3) is 0.107. The van der Waals surface area contributed by atoms with Gasteiger partial charge < -0.3 is 14.8 Å². The summed E-state index contributed by atoms with van der Waals surface area (Å²) in [6.45, 7) is 1.69. The highest BCUT2D eigenvalue weighted by Gasteiger charge is 2.25. The minimum atomic E-state index is -4.38. The Balaban J connectivity index is 1.41. The standard InChI is InChI=1S/C28H22ClN5O6S/c1-17-26(28(36)34(33(17)2)21-6-4-3-5-7-21)32-41(37,38)25-14-20(9-10-22(25)29)31-27(35)19(15-30)12-18-8-11-23-24(13-18)40-16-39-23/h3-14,32H,16H2,1-2H3,(H,31,35)/b19-12+. The Bertz CT molecular complexity index is 1920. The van der Waals surface area contributed by atoms with Crippen LogP contribution in [0.4, 0.5) is 11.4 Å². The van der Waals surface area contributed by atoms with Crippen LogP contribution in [0.5, 0.6) is 11.5 Å². The van der Waals surface area contributed by atoms with Crippen LogP contribution in [-0.2, 0) is 21.9 Å². The van der Waals surface area contributed by atoms with Gasteiger partial charge in [0.2, 0.25) is 6.79 Å². The first-order valence-electron chi connectivity index (χ1n) is 12.1. The van der Waals surface area contributed by atoms with Crippen LogP contribution in [0, 0.1) is 18.3 Å². The van der Waals surface area contributed by atoms with E-state index in [0.717, 1.165) is 6.07 Å². The smallest absolute Gasteiger partial charge is 0.296 e. The lowest BCUT2D eigenvalue weighted by molar-refractivity contribution is -0.112. The van der Waals surface area contributed by atoms with E-state index in [-0.39, 0.29) is 33.7 Å². The van der Waals surface area contributed by atoms with Gasteiger partial charge >= 0.3 is 0 Å². The number of sulfonamides is 1. The molecule has 208 valence electrons. The van der Waals surface area contributed by atoms with Crippen molar-refractivity contribution in [3.05, 3.63) is 98.9 Å². The average molecular weight is 592 g/mol. The van der Waals surface area contributed by atoms with Gasteiger partial charge in [-0.15, -0.1) is 0 Å². The Morgan fingerprint density at radius 1 is 1.07 bits per heavy atom. The van der Waals surface area contributed by atoms with Crippen molar-refractivity contribution in [3.63, 3.8) is 0 Å². The van der Waals surface area contributed by atoms with Crippen molar-refractivity contribution in [2.24, 2.45) is 7.05 Å². The number of nitrogens with one attached hydrogen (secondary N) is 2. The SMILES string of the molecule is Cc1c(NS(=O)(=O)c2cc(NC(=O)/C(C#N)=C/c3ccc4c(c3)OCO4)ccc2Cl)c(=O)n(-c2ccccc2)n1C. The third kappa shape index (κ3) is 5.41. The van der Waals surface area contributed by atoms with Crippen molar-refractivity contribution in [1.82, 2.24) is 9.36 Å². The third-order valence-corrected chi connectivity index (χ3v) is 8.17. The molecule has 0 saturated carbocycles. The van der Waals surface area contributed by atoms with Gasteiger partial charge in [0.1, 0.15) is 22.2 Å². The maximum Gasteiger partial charge on any atom is 0.296 e. The van der Waals surface area contributed by atoms with E-state index >= 15 is 0 Å². The van der Waals surface area contributed by atoms with Gasteiger partial charge in [0.25, 0.3) is 21.5 Å². The maximum absolute atomic E-state index is 13.4. The van der Waals surface area contributed by atoms with E-state index in [4.69, 9.17) is 21.1 Å². The molecule has 0 fully saturated rings. The summed E-state index contributed by atoms with van der Waals surface area (Å²) in [4.78, 5) is 25.7. The number of hydrogen-bond donors (Lipinski definition) is 2. The number of anilines is 2. The van der Waals surface area contributed by atoms with Gasteiger partial charge in [-0.2, -0.15) is 5.26 Å². The van der Waals surface area contributed by atoms with E-state index in [2.05, 4.69) is 10.0 Å². The highest BCUT2D eigenvalue weighted by atomic mass is 35.5. The summed E-state index contributed by atoms with van der Waals surface area (Å²) in [6, 6.07) is 19.4. The summed E-state index contributed by atoms with van der Waals surface area (Å²) in [5.74, 6) is 0.271. The molecule has 2 N–H and O–H groups in total. The number of amides is 1. The molecule has 0 spiro atoms. The second-order valence-corrected chi connectivity index (χ2v) is 11.0. The number of hydrogen-bond acceptors (Lipinski definition) is 7. The van der Waals surface area contributed by atoms with Gasteiger partial charge in [-0.3, -0.25) is 19.0 Å². The molecule has 3 aromatic carbocycles. The van der Waals surface area contributed by atoms with Crippen LogP contribution in [-0.4, -0.2) is 30.5 Å². The second kappa shape index (κ2) is 10.9. The molecule has 0 saturated heterocycles. The van der Waals surface area contributed by atoms with Crippen molar-refractivity contribution >= 4 is 45.0 Å². The molecule has 0 unspecified atom stereocenters. The van der Waals surface area contributed by atoms with Crippen LogP contribution >= 0.6 is 11.6 Å². The van der Waals surface area contributed by atoms with Crippen LogP contribution in [0.25, 0.3) is 11.8 Å². The molecule has 0 bridgehead atoms. The number of nitrogens with zero attached hydrogens (tertiary/aromatic N) is 3. The van der Waals surface area contributed by atoms with Gasteiger partial charge in [-0.1, -0.05) is 35.9 Å².